The first-order chi connectivity index (χ1) is 10.3. The summed E-state index contributed by atoms with van der Waals surface area (Å²) < 4.78 is 0. The first kappa shape index (κ1) is 23.3. The molecule has 1 heterocycles. The van der Waals surface area contributed by atoms with Gasteiger partial charge in [-0.25, -0.2) is 4.79 Å². The quantitative estimate of drug-likeness (QED) is 0.774. The van der Waals surface area contributed by atoms with Gasteiger partial charge in [0.05, 0.1) is 0 Å². The number of urea groups is 1. The van der Waals surface area contributed by atoms with Crippen molar-refractivity contribution in [2.45, 2.75) is 33.1 Å². The molecule has 0 spiro atoms. The Balaban J connectivity index is 0. The SMILES string of the molecule is CC.CNC(=O)Nc1ccccc1.O=[C-]N1CCCCC1.[Y]. The molecule has 121 valence electrons. The van der Waals surface area contributed by atoms with Gasteiger partial charge < -0.3 is 20.3 Å². The molecule has 0 aliphatic carbocycles. The minimum absolute atomic E-state index is 0. The Morgan fingerprint density at radius 3 is 2.05 bits per heavy atom. The zero-order chi connectivity index (χ0) is 15.9. The second-order valence-electron chi connectivity index (χ2n) is 4.21. The first-order valence-corrected chi connectivity index (χ1v) is 7.42. The zero-order valence-corrected chi connectivity index (χ0v) is 16.6. The summed E-state index contributed by atoms with van der Waals surface area (Å²) in [4.78, 5) is 22.4. The summed E-state index contributed by atoms with van der Waals surface area (Å²) in [6, 6.07) is 9.09. The van der Waals surface area contributed by atoms with Crippen LogP contribution in [0.2, 0.25) is 0 Å². The number of nitrogens with zero attached hydrogens (tertiary/aromatic N) is 1. The van der Waals surface area contributed by atoms with Crippen molar-refractivity contribution in [2.75, 3.05) is 25.5 Å². The summed E-state index contributed by atoms with van der Waals surface area (Å²) in [5.74, 6) is 0. The number of rotatable bonds is 2. The predicted octanol–water partition coefficient (Wildman–Crippen LogP) is 3.00. The second-order valence-corrected chi connectivity index (χ2v) is 4.21. The number of benzene rings is 1. The average molecular weight is 381 g/mol. The largest absolute Gasteiger partial charge is 0.520 e. The second kappa shape index (κ2) is 16.4. The number of carbonyl (C=O) groups is 1. The molecule has 0 atom stereocenters. The van der Waals surface area contributed by atoms with Gasteiger partial charge in [0.25, 0.3) is 0 Å². The average Bonchev–Trinajstić information content (AvgIpc) is 2.59. The summed E-state index contributed by atoms with van der Waals surface area (Å²) in [6.07, 6.45) is 5.49. The van der Waals surface area contributed by atoms with Gasteiger partial charge in [0.2, 0.25) is 0 Å². The standard InChI is InChI=1S/C8H10N2O.C6H10NO.C2H6.Y/c1-9-8(11)10-7-5-3-2-4-6-7;8-6-7-4-2-1-3-5-7;1-2;/h2-6H,1H3,(H2,9,10,11);1-5H2;1-2H3;/q;-1;;. The van der Waals surface area contributed by atoms with E-state index in [4.69, 9.17) is 0 Å². The van der Waals surface area contributed by atoms with E-state index in [1.165, 1.54) is 6.42 Å². The van der Waals surface area contributed by atoms with E-state index in [0.29, 0.717) is 0 Å². The van der Waals surface area contributed by atoms with E-state index in [9.17, 15) is 9.59 Å². The van der Waals surface area contributed by atoms with Gasteiger partial charge in [-0.3, -0.25) is 0 Å². The van der Waals surface area contributed by atoms with E-state index in [-0.39, 0.29) is 38.7 Å². The van der Waals surface area contributed by atoms with E-state index < -0.39 is 0 Å². The summed E-state index contributed by atoms with van der Waals surface area (Å²) >= 11 is 0. The number of anilines is 1. The minimum atomic E-state index is -0.198. The van der Waals surface area contributed by atoms with Crippen molar-refractivity contribution in [2.24, 2.45) is 0 Å². The van der Waals surface area contributed by atoms with Crippen LogP contribution in [0.25, 0.3) is 0 Å². The van der Waals surface area contributed by atoms with Gasteiger partial charge in [0, 0.05) is 45.4 Å². The summed E-state index contributed by atoms with van der Waals surface area (Å²) in [7, 11) is 1.58. The van der Waals surface area contributed by atoms with E-state index in [1.807, 2.05) is 50.6 Å². The molecule has 6 heteroatoms. The van der Waals surface area contributed by atoms with E-state index in [2.05, 4.69) is 10.6 Å². The van der Waals surface area contributed by atoms with Gasteiger partial charge >= 0.3 is 6.03 Å². The molecule has 0 unspecified atom stereocenters. The Kier molecular flexibility index (Phi) is 17.4. The van der Waals surface area contributed by atoms with Gasteiger partial charge in [0.15, 0.2) is 0 Å². The van der Waals surface area contributed by atoms with Gasteiger partial charge in [-0.1, -0.05) is 38.5 Å². The molecule has 1 radical (unpaired) electrons. The van der Waals surface area contributed by atoms with E-state index in [1.54, 1.807) is 11.9 Å². The van der Waals surface area contributed by atoms with Gasteiger partial charge in [-0.15, -0.1) is 0 Å². The number of carbonyl (C=O) groups excluding carboxylic acids is 2. The van der Waals surface area contributed by atoms with Crippen molar-refractivity contribution in [3.8, 4) is 0 Å². The molecule has 0 saturated carbocycles. The van der Waals surface area contributed by atoms with E-state index in [0.717, 1.165) is 31.6 Å². The van der Waals surface area contributed by atoms with Crippen LogP contribution in [0.1, 0.15) is 33.1 Å². The normalized spacial score (nSPS) is 12.2. The van der Waals surface area contributed by atoms with Crippen LogP contribution in [-0.4, -0.2) is 37.5 Å². The molecule has 0 aromatic heterocycles. The molecule has 5 nitrogen and oxygen atoms in total. The Hall–Kier alpha value is -0.936. The zero-order valence-electron chi connectivity index (χ0n) is 13.8. The van der Waals surface area contributed by atoms with Crippen LogP contribution in [0.4, 0.5) is 10.5 Å². The maximum absolute atomic E-state index is 10.8. The monoisotopic (exact) mass is 381 g/mol. The third-order valence-electron chi connectivity index (χ3n) is 2.74. The Labute approximate surface area is 159 Å². The van der Waals surface area contributed by atoms with Crippen LogP contribution in [0.5, 0.6) is 0 Å². The number of piperidine rings is 1. The maximum atomic E-state index is 10.8. The van der Waals surface area contributed by atoms with Crippen LogP contribution >= 0.6 is 0 Å². The third kappa shape index (κ3) is 11.7. The first-order valence-electron chi connectivity index (χ1n) is 7.42. The Bertz CT molecular complexity index is 382. The molecule has 1 aromatic carbocycles. The third-order valence-corrected chi connectivity index (χ3v) is 2.74. The molecule has 2 rings (SSSR count). The fourth-order valence-corrected chi connectivity index (χ4v) is 1.70. The van der Waals surface area contributed by atoms with Crippen LogP contribution < -0.4 is 10.6 Å². The van der Waals surface area contributed by atoms with Crippen LogP contribution in [0.15, 0.2) is 30.3 Å². The fourth-order valence-electron chi connectivity index (χ4n) is 1.70. The number of hydrogen-bond donors (Lipinski definition) is 2. The number of likely N-dealkylation sites (tertiary alicyclic amines) is 1. The number of hydrogen-bond acceptors (Lipinski definition) is 2. The van der Waals surface area contributed by atoms with Crippen molar-refractivity contribution in [3.63, 3.8) is 0 Å². The number of para-hydroxylation sites is 1. The summed E-state index contributed by atoms with van der Waals surface area (Å²) in [6.45, 7) is 5.84. The fraction of sp³-hybridized carbons (Fsp3) is 0.500. The Morgan fingerprint density at radius 2 is 1.64 bits per heavy atom. The molecule has 1 aliphatic rings. The molecule has 2 N–H and O–H groups in total. The smallest absolute Gasteiger partial charge is 0.318 e. The number of nitrogens with one attached hydrogen (secondary N) is 2. The van der Waals surface area contributed by atoms with Crippen LogP contribution in [-0.2, 0) is 37.5 Å². The minimum Gasteiger partial charge on any atom is -0.520 e. The van der Waals surface area contributed by atoms with Gasteiger partial charge in [0.1, 0.15) is 0 Å². The molecule has 3 amide bonds. The van der Waals surface area contributed by atoms with Crippen LogP contribution in [0, 0.1) is 0 Å². The summed E-state index contributed by atoms with van der Waals surface area (Å²) in [5, 5.41) is 5.10. The maximum Gasteiger partial charge on any atom is 0.318 e. The molecular formula is C16H26N3O2Y-. The van der Waals surface area contributed by atoms with Gasteiger partial charge in [-0.05, 0) is 38.1 Å². The van der Waals surface area contributed by atoms with Crippen molar-refractivity contribution in [3.05, 3.63) is 30.3 Å². The van der Waals surface area contributed by atoms with Crippen molar-refractivity contribution in [1.82, 2.24) is 10.2 Å². The molecule has 22 heavy (non-hydrogen) atoms. The number of amides is 3. The van der Waals surface area contributed by atoms with Crippen molar-refractivity contribution < 1.29 is 42.3 Å². The van der Waals surface area contributed by atoms with E-state index >= 15 is 0 Å². The molecule has 0 bridgehead atoms. The molecular weight excluding hydrogens is 355 g/mol. The summed E-state index contributed by atoms with van der Waals surface area (Å²) in [5.41, 5.74) is 0.798. The van der Waals surface area contributed by atoms with Crippen molar-refractivity contribution in [1.29, 1.82) is 0 Å². The Morgan fingerprint density at radius 1 is 1.09 bits per heavy atom. The predicted molar refractivity (Wildman–Crippen MR) is 87.0 cm³/mol. The van der Waals surface area contributed by atoms with Crippen LogP contribution in [0.3, 0.4) is 0 Å². The molecule has 1 fully saturated rings. The molecule has 1 aliphatic heterocycles. The van der Waals surface area contributed by atoms with Gasteiger partial charge in [-0.2, -0.15) is 6.41 Å². The molecule has 1 saturated heterocycles. The molecule has 1 aromatic rings. The topological polar surface area (TPSA) is 61.4 Å². The van der Waals surface area contributed by atoms with Crippen molar-refractivity contribution >= 4 is 18.1 Å².